The number of carbonyl (C=O) groups excluding carboxylic acids is 3. The van der Waals surface area contributed by atoms with Gasteiger partial charge in [-0.05, 0) is 56.3 Å². The summed E-state index contributed by atoms with van der Waals surface area (Å²) in [5, 5.41) is 0. The van der Waals surface area contributed by atoms with Crippen molar-refractivity contribution in [3.05, 3.63) is 0 Å². The Morgan fingerprint density at radius 1 is 0.839 bits per heavy atom. The third-order valence-electron chi connectivity index (χ3n) is 7.35. The van der Waals surface area contributed by atoms with Gasteiger partial charge in [-0.2, -0.15) is 0 Å². The minimum Gasteiger partial charge on any atom is -0.463 e. The van der Waals surface area contributed by atoms with Crippen molar-refractivity contribution >= 4 is 17.9 Å². The van der Waals surface area contributed by atoms with Crippen LogP contribution in [0.15, 0.2) is 0 Å². The lowest BCUT2D eigenvalue weighted by Gasteiger charge is -2.58. The molecule has 5 fully saturated rings. The molecule has 2 unspecified atom stereocenters. The normalized spacial score (nSPS) is 43.4. The Morgan fingerprint density at radius 2 is 1.35 bits per heavy atom. The van der Waals surface area contributed by atoms with Crippen LogP contribution in [0.3, 0.4) is 0 Å². The maximum atomic E-state index is 11.8. The van der Waals surface area contributed by atoms with Crippen LogP contribution in [0.4, 0.5) is 0 Å². The molecule has 8 nitrogen and oxygen atoms in total. The lowest BCUT2D eigenvalue weighted by Crippen LogP contribution is -2.61. The van der Waals surface area contributed by atoms with E-state index < -0.39 is 42.5 Å². The number of carbonyl (C=O) groups is 3. The summed E-state index contributed by atoms with van der Waals surface area (Å²) >= 11 is 0. The van der Waals surface area contributed by atoms with Crippen LogP contribution < -0.4 is 0 Å². The third kappa shape index (κ3) is 4.90. The largest absolute Gasteiger partial charge is 0.463 e. The average Bonchev–Trinajstić information content (AvgIpc) is 2.63. The van der Waals surface area contributed by atoms with Crippen LogP contribution in [0.2, 0.25) is 0 Å². The van der Waals surface area contributed by atoms with Crippen molar-refractivity contribution in [1.82, 2.24) is 0 Å². The average molecular weight is 439 g/mol. The minimum atomic E-state index is -0.882. The highest BCUT2D eigenvalue weighted by molar-refractivity contribution is 5.67. The van der Waals surface area contributed by atoms with Gasteiger partial charge in [-0.1, -0.05) is 6.92 Å². The molecular formula is C23H34O8. The quantitative estimate of drug-likeness (QED) is 0.461. The van der Waals surface area contributed by atoms with Gasteiger partial charge in [0, 0.05) is 26.7 Å². The van der Waals surface area contributed by atoms with Crippen LogP contribution in [-0.2, 0) is 38.1 Å². The maximum absolute atomic E-state index is 11.8. The van der Waals surface area contributed by atoms with Crippen molar-refractivity contribution in [3.63, 3.8) is 0 Å². The van der Waals surface area contributed by atoms with E-state index in [0.717, 1.165) is 19.3 Å². The number of hydrogen-bond acceptors (Lipinski definition) is 8. The first-order valence-corrected chi connectivity index (χ1v) is 11.4. The van der Waals surface area contributed by atoms with E-state index in [-0.39, 0.29) is 18.1 Å². The van der Waals surface area contributed by atoms with Crippen molar-refractivity contribution in [2.45, 2.75) is 96.4 Å². The van der Waals surface area contributed by atoms with Gasteiger partial charge in [0.2, 0.25) is 0 Å². The Bertz CT molecular complexity index is 683. The summed E-state index contributed by atoms with van der Waals surface area (Å²) in [6.07, 6.45) is 3.92. The summed E-state index contributed by atoms with van der Waals surface area (Å²) in [6.45, 7) is 5.69. The van der Waals surface area contributed by atoms with Gasteiger partial charge in [0.05, 0.1) is 5.60 Å². The van der Waals surface area contributed by atoms with Gasteiger partial charge in [-0.25, -0.2) is 0 Å². The molecule has 5 rings (SSSR count). The number of esters is 3. The molecule has 1 heterocycles. The van der Waals surface area contributed by atoms with Crippen LogP contribution in [0.1, 0.15) is 66.2 Å². The van der Waals surface area contributed by atoms with E-state index in [1.54, 1.807) is 0 Å². The molecule has 0 aromatic heterocycles. The highest BCUT2D eigenvalue weighted by Crippen LogP contribution is 2.58. The Morgan fingerprint density at radius 3 is 1.84 bits per heavy atom. The molecule has 5 atom stereocenters. The van der Waals surface area contributed by atoms with Gasteiger partial charge in [-0.15, -0.1) is 0 Å². The van der Waals surface area contributed by atoms with Gasteiger partial charge in [-0.3, -0.25) is 14.4 Å². The van der Waals surface area contributed by atoms with Crippen molar-refractivity contribution in [3.8, 4) is 0 Å². The Hall–Kier alpha value is -1.67. The van der Waals surface area contributed by atoms with Gasteiger partial charge >= 0.3 is 17.9 Å². The lowest BCUT2D eigenvalue weighted by atomic mass is 9.54. The second kappa shape index (κ2) is 8.70. The fraction of sp³-hybridized carbons (Fsp3) is 0.870. The Balaban J connectivity index is 1.56. The fourth-order valence-electron chi connectivity index (χ4n) is 6.63. The van der Waals surface area contributed by atoms with Crippen molar-refractivity contribution < 1.29 is 38.1 Å². The molecule has 4 bridgehead atoms. The molecular weight excluding hydrogens is 404 g/mol. The van der Waals surface area contributed by atoms with Gasteiger partial charge in [0.25, 0.3) is 0 Å². The Kier molecular flexibility index (Phi) is 6.32. The molecule has 0 aromatic rings. The highest BCUT2D eigenvalue weighted by atomic mass is 16.7. The molecule has 0 radical (unpaired) electrons. The van der Waals surface area contributed by atoms with Crippen LogP contribution in [-0.4, -0.2) is 54.7 Å². The van der Waals surface area contributed by atoms with E-state index in [4.69, 9.17) is 23.7 Å². The second-order valence-electron chi connectivity index (χ2n) is 10.1. The van der Waals surface area contributed by atoms with E-state index in [1.165, 1.54) is 40.0 Å². The van der Waals surface area contributed by atoms with Crippen LogP contribution >= 0.6 is 0 Å². The maximum Gasteiger partial charge on any atom is 0.303 e. The first kappa shape index (κ1) is 22.5. The SMILES string of the molecule is CC(=O)OCC1O[C@@H](OC23CC4CC(CC(C4)C2)C3)C(C)[C@@H](OC(C)=O)[C@H]1OC(C)=O. The molecule has 31 heavy (non-hydrogen) atoms. The van der Waals surface area contributed by atoms with E-state index in [1.807, 2.05) is 6.92 Å². The van der Waals surface area contributed by atoms with Crippen molar-refractivity contribution in [2.24, 2.45) is 23.7 Å². The van der Waals surface area contributed by atoms with Gasteiger partial charge in [0.1, 0.15) is 18.8 Å². The van der Waals surface area contributed by atoms with E-state index in [2.05, 4.69) is 0 Å². The number of ether oxygens (including phenoxy) is 5. The van der Waals surface area contributed by atoms with E-state index in [0.29, 0.717) is 17.8 Å². The first-order valence-electron chi connectivity index (χ1n) is 11.4. The summed E-state index contributed by atoms with van der Waals surface area (Å²) in [4.78, 5) is 35.0. The third-order valence-corrected chi connectivity index (χ3v) is 7.35. The first-order chi connectivity index (χ1) is 14.6. The van der Waals surface area contributed by atoms with Crippen molar-refractivity contribution in [1.29, 1.82) is 0 Å². The number of hydrogen-bond donors (Lipinski definition) is 0. The molecule has 4 saturated carbocycles. The monoisotopic (exact) mass is 438 g/mol. The summed E-state index contributed by atoms with van der Waals surface area (Å²) < 4.78 is 29.2. The zero-order valence-electron chi connectivity index (χ0n) is 18.8. The summed E-state index contributed by atoms with van der Waals surface area (Å²) in [6, 6.07) is 0. The molecule has 0 amide bonds. The Labute approximate surface area is 183 Å². The molecule has 0 N–H and O–H groups in total. The summed E-state index contributed by atoms with van der Waals surface area (Å²) in [5.74, 6) is 0.309. The molecule has 1 saturated heterocycles. The zero-order chi connectivity index (χ0) is 22.3. The molecule has 4 aliphatic carbocycles. The predicted molar refractivity (Wildman–Crippen MR) is 108 cm³/mol. The minimum absolute atomic E-state index is 0.113. The lowest BCUT2D eigenvalue weighted by molar-refractivity contribution is -0.330. The van der Waals surface area contributed by atoms with Crippen LogP contribution in [0.5, 0.6) is 0 Å². The van der Waals surface area contributed by atoms with Gasteiger partial charge < -0.3 is 23.7 Å². The standard InChI is InChI=1S/C23H34O8/c1-12-20(28-14(3)25)21(29-15(4)26)19(11-27-13(2)24)30-22(12)31-23-8-16-5-17(9-23)7-18(6-16)10-23/h12,16-22H,5-11H2,1-4H3/t12?,16?,17?,18?,19?,20-,21+,22+,23?/m1/s1. The fourth-order valence-corrected chi connectivity index (χ4v) is 6.63. The van der Waals surface area contributed by atoms with Gasteiger partial charge in [0.15, 0.2) is 12.4 Å². The molecule has 0 aromatic carbocycles. The van der Waals surface area contributed by atoms with E-state index >= 15 is 0 Å². The van der Waals surface area contributed by atoms with Crippen LogP contribution in [0.25, 0.3) is 0 Å². The van der Waals surface area contributed by atoms with Crippen LogP contribution in [0, 0.1) is 23.7 Å². The van der Waals surface area contributed by atoms with Crippen molar-refractivity contribution in [2.75, 3.05) is 6.61 Å². The molecule has 0 spiro atoms. The predicted octanol–water partition coefficient (Wildman–Crippen LogP) is 2.76. The summed E-state index contributed by atoms with van der Waals surface area (Å²) in [5.41, 5.74) is -0.214. The smallest absolute Gasteiger partial charge is 0.303 e. The second-order valence-corrected chi connectivity index (χ2v) is 10.1. The summed E-state index contributed by atoms with van der Waals surface area (Å²) in [7, 11) is 0. The highest BCUT2D eigenvalue weighted by Gasteiger charge is 2.56. The zero-order valence-corrected chi connectivity index (χ0v) is 18.8. The van der Waals surface area contributed by atoms with E-state index in [9.17, 15) is 14.4 Å². The molecule has 8 heteroatoms. The molecule has 5 aliphatic rings. The topological polar surface area (TPSA) is 97.4 Å². The molecule has 174 valence electrons. The number of rotatable bonds is 6. The molecule has 1 aliphatic heterocycles.